The number of sulfonamides is 1. The lowest BCUT2D eigenvalue weighted by molar-refractivity contribution is -0.115. The van der Waals surface area contributed by atoms with Crippen LogP contribution in [0.2, 0.25) is 0 Å². The van der Waals surface area contributed by atoms with E-state index in [2.05, 4.69) is 65.6 Å². The second-order valence-corrected chi connectivity index (χ2v) is 16.1. The molecule has 0 bridgehead atoms. The number of nitrogens with one attached hydrogen (secondary N) is 2. The predicted octanol–water partition coefficient (Wildman–Crippen LogP) is 4.93. The van der Waals surface area contributed by atoms with E-state index in [0.29, 0.717) is 39.1 Å². The van der Waals surface area contributed by atoms with Crippen molar-refractivity contribution in [2.75, 3.05) is 80.1 Å². The molecular formula is C34H42BrN9O4S. The minimum atomic E-state index is -3.48. The molecule has 15 heteroatoms. The Morgan fingerprint density at radius 2 is 1.78 bits per heavy atom. The van der Waals surface area contributed by atoms with Crippen LogP contribution in [-0.4, -0.2) is 98.9 Å². The van der Waals surface area contributed by atoms with Gasteiger partial charge in [-0.2, -0.15) is 10.1 Å². The number of aromatic nitrogens is 4. The highest BCUT2D eigenvalue weighted by molar-refractivity contribution is 9.10. The summed E-state index contributed by atoms with van der Waals surface area (Å²) in [5.74, 6) is 1.48. The van der Waals surface area contributed by atoms with E-state index in [0.717, 1.165) is 80.8 Å². The highest BCUT2D eigenvalue weighted by Crippen LogP contribution is 2.43. The fourth-order valence-electron chi connectivity index (χ4n) is 6.92. The Bertz CT molecular complexity index is 2000. The molecule has 3 aliphatic rings. The number of rotatable bonds is 9. The number of methoxy groups -OCH3 is 1. The van der Waals surface area contributed by atoms with Crippen LogP contribution >= 0.6 is 15.9 Å². The Kier molecular flexibility index (Phi) is 8.96. The number of hydrogen-bond acceptors (Lipinski definition) is 11. The Hall–Kier alpha value is -3.92. The quantitative estimate of drug-likeness (QED) is 0.242. The summed E-state index contributed by atoms with van der Waals surface area (Å²) in [5.41, 5.74) is 7.21. The van der Waals surface area contributed by atoms with Crippen LogP contribution in [0.3, 0.4) is 0 Å². The standard InChI is InChI=1S/C34H42BrN9O4S/c1-41-12-13-48-34(21-41)8-10-44(11-9-34)29-17-31(47-4)28(16-25(29)24-18-37-42(2)20-24)39-33-36-19-26(35)32(40-33)38-27-14-22-6-7-23(22)15-30(27)43(3)49(5,45)46/h14-20H,6-13,21H2,1-5H3,(H2,36,38,39,40). The molecule has 260 valence electrons. The molecule has 1 aliphatic carbocycles. The third kappa shape index (κ3) is 6.81. The Labute approximate surface area is 295 Å². The van der Waals surface area contributed by atoms with Crippen molar-refractivity contribution in [2.24, 2.45) is 7.05 Å². The fourth-order valence-corrected chi connectivity index (χ4v) is 7.72. The molecule has 2 aliphatic heterocycles. The minimum absolute atomic E-state index is 0.101. The van der Waals surface area contributed by atoms with Crippen molar-refractivity contribution in [1.29, 1.82) is 0 Å². The lowest BCUT2D eigenvalue weighted by Crippen LogP contribution is -2.56. The monoisotopic (exact) mass is 751 g/mol. The van der Waals surface area contributed by atoms with Crippen LogP contribution in [0, 0.1) is 0 Å². The molecule has 2 saturated heterocycles. The highest BCUT2D eigenvalue weighted by atomic mass is 79.9. The summed E-state index contributed by atoms with van der Waals surface area (Å²) in [6.45, 7) is 4.42. The van der Waals surface area contributed by atoms with Gasteiger partial charge < -0.3 is 29.9 Å². The van der Waals surface area contributed by atoms with E-state index in [-0.39, 0.29) is 5.60 Å². The number of fused-ring (bicyclic) bond motifs is 1. The van der Waals surface area contributed by atoms with Gasteiger partial charge in [0, 0.05) is 75.5 Å². The van der Waals surface area contributed by atoms with Crippen LogP contribution in [0.5, 0.6) is 5.75 Å². The Balaban J connectivity index is 1.20. The number of nitrogens with zero attached hydrogens (tertiary/aromatic N) is 7. The topological polar surface area (TPSA) is 130 Å². The van der Waals surface area contributed by atoms with Crippen LogP contribution in [0.1, 0.15) is 24.0 Å². The van der Waals surface area contributed by atoms with Crippen LogP contribution < -0.4 is 24.6 Å². The number of halogens is 1. The SMILES string of the molecule is COc1cc(N2CCC3(CC2)CN(C)CCO3)c(-c2cnn(C)c2)cc1Nc1ncc(Br)c(Nc2cc3c(cc2N(C)S(C)(=O)=O)CC3)n1. The van der Waals surface area contributed by atoms with Crippen molar-refractivity contribution in [3.05, 3.63) is 58.5 Å². The van der Waals surface area contributed by atoms with Crippen LogP contribution in [0.25, 0.3) is 11.1 Å². The molecule has 0 saturated carbocycles. The number of morpholine rings is 1. The number of anilines is 6. The maximum Gasteiger partial charge on any atom is 0.232 e. The Morgan fingerprint density at radius 3 is 2.43 bits per heavy atom. The van der Waals surface area contributed by atoms with Gasteiger partial charge >= 0.3 is 0 Å². The second kappa shape index (κ2) is 13.1. The molecule has 0 radical (unpaired) electrons. The van der Waals surface area contributed by atoms with Crippen molar-refractivity contribution in [2.45, 2.75) is 31.3 Å². The molecule has 7 rings (SSSR count). The molecule has 4 heterocycles. The van der Waals surface area contributed by atoms with Gasteiger partial charge in [0.05, 0.1) is 53.3 Å². The third-order valence-electron chi connectivity index (χ3n) is 9.85. The second-order valence-electron chi connectivity index (χ2n) is 13.2. The summed E-state index contributed by atoms with van der Waals surface area (Å²) in [6.07, 6.45) is 10.5. The molecule has 4 aromatic rings. The van der Waals surface area contributed by atoms with Crippen molar-refractivity contribution >= 4 is 60.5 Å². The normalized spacial score (nSPS) is 17.4. The van der Waals surface area contributed by atoms with Gasteiger partial charge in [-0.05, 0) is 78.0 Å². The molecule has 13 nitrogen and oxygen atoms in total. The van der Waals surface area contributed by atoms with Crippen LogP contribution in [0.15, 0.2) is 47.3 Å². The average molecular weight is 753 g/mol. The molecule has 2 fully saturated rings. The van der Waals surface area contributed by atoms with Gasteiger partial charge in [0.25, 0.3) is 0 Å². The number of piperidine rings is 1. The van der Waals surface area contributed by atoms with Gasteiger partial charge in [-0.3, -0.25) is 8.99 Å². The number of benzene rings is 2. The van der Waals surface area contributed by atoms with E-state index in [9.17, 15) is 8.42 Å². The molecule has 49 heavy (non-hydrogen) atoms. The Morgan fingerprint density at radius 1 is 1.02 bits per heavy atom. The molecule has 0 atom stereocenters. The zero-order chi connectivity index (χ0) is 34.5. The fraction of sp³-hybridized carbons (Fsp3) is 0.441. The van der Waals surface area contributed by atoms with Crippen LogP contribution in [0.4, 0.5) is 34.5 Å². The number of hydrogen-bond donors (Lipinski definition) is 2. The van der Waals surface area contributed by atoms with E-state index in [4.69, 9.17) is 14.5 Å². The minimum Gasteiger partial charge on any atom is -0.494 e. The first-order chi connectivity index (χ1) is 23.4. The molecule has 0 unspecified atom stereocenters. The first-order valence-corrected chi connectivity index (χ1v) is 19.0. The van der Waals surface area contributed by atoms with Gasteiger partial charge in [0.2, 0.25) is 16.0 Å². The first kappa shape index (κ1) is 33.6. The molecule has 0 amide bonds. The number of aryl methyl sites for hydroxylation is 3. The van der Waals surface area contributed by atoms with E-state index >= 15 is 0 Å². The van der Waals surface area contributed by atoms with Crippen molar-refractivity contribution in [3.8, 4) is 16.9 Å². The van der Waals surface area contributed by atoms with E-state index in [1.807, 2.05) is 31.6 Å². The summed E-state index contributed by atoms with van der Waals surface area (Å²) in [6, 6.07) is 8.07. The van der Waals surface area contributed by atoms with Gasteiger partial charge in [0.1, 0.15) is 11.6 Å². The van der Waals surface area contributed by atoms with Crippen molar-refractivity contribution in [3.63, 3.8) is 0 Å². The smallest absolute Gasteiger partial charge is 0.232 e. The third-order valence-corrected chi connectivity index (χ3v) is 11.6. The zero-order valence-corrected chi connectivity index (χ0v) is 30.9. The lowest BCUT2D eigenvalue weighted by atomic mass is 9.87. The highest BCUT2D eigenvalue weighted by Gasteiger charge is 2.39. The van der Waals surface area contributed by atoms with Crippen molar-refractivity contribution in [1.82, 2.24) is 24.6 Å². The van der Waals surface area contributed by atoms with E-state index < -0.39 is 10.0 Å². The number of ether oxygens (including phenoxy) is 2. The van der Waals surface area contributed by atoms with Gasteiger partial charge in [-0.25, -0.2) is 13.4 Å². The maximum absolute atomic E-state index is 12.5. The molecular weight excluding hydrogens is 710 g/mol. The summed E-state index contributed by atoms with van der Waals surface area (Å²) in [7, 11) is 3.81. The molecule has 2 aromatic carbocycles. The van der Waals surface area contributed by atoms with Crippen molar-refractivity contribution < 1.29 is 17.9 Å². The van der Waals surface area contributed by atoms with Crippen LogP contribution in [-0.2, 0) is 34.6 Å². The van der Waals surface area contributed by atoms with E-state index in [1.165, 1.54) is 16.1 Å². The summed E-state index contributed by atoms with van der Waals surface area (Å²) >= 11 is 3.58. The summed E-state index contributed by atoms with van der Waals surface area (Å²) in [4.78, 5) is 14.1. The first-order valence-electron chi connectivity index (χ1n) is 16.4. The molecule has 1 spiro atoms. The molecule has 2 aromatic heterocycles. The zero-order valence-electron chi connectivity index (χ0n) is 28.5. The van der Waals surface area contributed by atoms with Gasteiger partial charge in [-0.15, -0.1) is 0 Å². The predicted molar refractivity (Wildman–Crippen MR) is 196 cm³/mol. The largest absolute Gasteiger partial charge is 0.494 e. The lowest BCUT2D eigenvalue weighted by Gasteiger charge is -2.47. The van der Waals surface area contributed by atoms with Gasteiger partial charge in [-0.1, -0.05) is 0 Å². The summed E-state index contributed by atoms with van der Waals surface area (Å²) in [5, 5.41) is 11.2. The molecule has 2 N–H and O–H groups in total. The van der Waals surface area contributed by atoms with Gasteiger partial charge in [0.15, 0.2) is 0 Å². The maximum atomic E-state index is 12.5. The number of likely N-dealkylation sites (N-methyl/N-ethyl adjacent to an activating group) is 1. The average Bonchev–Trinajstić information content (AvgIpc) is 3.49. The summed E-state index contributed by atoms with van der Waals surface area (Å²) < 4.78 is 41.0. The van der Waals surface area contributed by atoms with E-state index in [1.54, 1.807) is 25.0 Å².